The van der Waals surface area contributed by atoms with E-state index in [1.165, 1.54) is 54.4 Å². The second kappa shape index (κ2) is 13.2. The van der Waals surface area contributed by atoms with Crippen molar-refractivity contribution in [2.75, 3.05) is 5.73 Å². The number of hydrogen-bond acceptors (Lipinski definition) is 7. The number of thiophene rings is 1. The third-order valence-electron chi connectivity index (χ3n) is 7.32. The molecular weight excluding hydrogens is 535 g/mol. The summed E-state index contributed by atoms with van der Waals surface area (Å²) >= 11 is 7.05. The molecule has 0 radical (unpaired) electrons. The summed E-state index contributed by atoms with van der Waals surface area (Å²) in [6.45, 7) is 2.24. The van der Waals surface area contributed by atoms with Gasteiger partial charge in [-0.05, 0) is 24.2 Å². The molecule has 40 heavy (non-hydrogen) atoms. The van der Waals surface area contributed by atoms with Crippen LogP contribution in [0, 0.1) is 4.77 Å². The first-order chi connectivity index (χ1) is 19.6. The van der Waals surface area contributed by atoms with Crippen LogP contribution < -0.4 is 5.73 Å². The van der Waals surface area contributed by atoms with Crippen LogP contribution in [0.1, 0.15) is 75.9 Å². The van der Waals surface area contributed by atoms with Gasteiger partial charge in [0.15, 0.2) is 0 Å². The molecule has 0 saturated carbocycles. The highest BCUT2D eigenvalue weighted by atomic mass is 32.1. The predicted octanol–water partition coefficient (Wildman–Crippen LogP) is 9.25. The van der Waals surface area contributed by atoms with Gasteiger partial charge in [-0.15, -0.1) is 21.5 Å². The summed E-state index contributed by atoms with van der Waals surface area (Å²) in [6, 6.07) is 20.1. The summed E-state index contributed by atoms with van der Waals surface area (Å²) in [5.41, 5.74) is 11.0. The molecule has 2 aromatic carbocycles. The van der Waals surface area contributed by atoms with Crippen LogP contribution in [0.2, 0.25) is 0 Å². The van der Waals surface area contributed by atoms with Crippen molar-refractivity contribution in [3.05, 3.63) is 65.4 Å². The van der Waals surface area contributed by atoms with Gasteiger partial charge in [-0.25, -0.2) is 9.55 Å². The molecule has 6 nitrogen and oxygen atoms in total. The maximum absolute atomic E-state index is 13.2. The van der Waals surface area contributed by atoms with Crippen LogP contribution in [0.25, 0.3) is 42.8 Å². The van der Waals surface area contributed by atoms with Gasteiger partial charge in [0.25, 0.3) is 0 Å². The lowest BCUT2D eigenvalue weighted by atomic mass is 9.97. The Labute approximate surface area is 244 Å². The topological polar surface area (TPSA) is 86.7 Å². The molecule has 5 rings (SSSR count). The van der Waals surface area contributed by atoms with Crippen molar-refractivity contribution in [3.8, 4) is 22.4 Å². The zero-order valence-electron chi connectivity index (χ0n) is 22.9. The molecule has 0 saturated heterocycles. The number of carbonyl (C=O) groups excluding carboxylic acids is 1. The summed E-state index contributed by atoms with van der Waals surface area (Å²) in [7, 11) is 0. The number of carbonyl (C=O) groups is 1. The minimum atomic E-state index is -0.100. The van der Waals surface area contributed by atoms with E-state index in [9.17, 15) is 4.79 Å². The van der Waals surface area contributed by atoms with Crippen LogP contribution in [0.3, 0.4) is 0 Å². The molecule has 0 atom stereocenters. The predicted molar refractivity (Wildman–Crippen MR) is 169 cm³/mol. The second-order valence-electron chi connectivity index (χ2n) is 10.2. The van der Waals surface area contributed by atoms with E-state index in [4.69, 9.17) is 22.9 Å². The quantitative estimate of drug-likeness (QED) is 0.119. The van der Waals surface area contributed by atoms with Crippen LogP contribution in [-0.2, 0) is 0 Å². The van der Waals surface area contributed by atoms with Crippen LogP contribution in [0.15, 0.2) is 60.7 Å². The third kappa shape index (κ3) is 5.98. The molecular formula is C32H35N5OS2. The van der Waals surface area contributed by atoms with Gasteiger partial charge in [-0.2, -0.15) is 0 Å². The van der Waals surface area contributed by atoms with Crippen molar-refractivity contribution in [2.45, 2.75) is 71.1 Å². The van der Waals surface area contributed by atoms with E-state index >= 15 is 0 Å². The van der Waals surface area contributed by atoms with Crippen molar-refractivity contribution in [3.63, 3.8) is 0 Å². The summed E-state index contributed by atoms with van der Waals surface area (Å²) in [5.74, 6) is 0.232. The Morgan fingerprint density at radius 1 is 0.850 bits per heavy atom. The molecule has 0 unspecified atom stereocenters. The van der Waals surface area contributed by atoms with E-state index in [2.05, 4.69) is 29.3 Å². The third-order valence-corrected chi connectivity index (χ3v) is 8.68. The summed E-state index contributed by atoms with van der Waals surface area (Å²) in [4.78, 5) is 18.7. The first-order valence-corrected chi connectivity index (χ1v) is 15.5. The molecule has 0 fully saturated rings. The molecule has 0 amide bonds. The van der Waals surface area contributed by atoms with Crippen molar-refractivity contribution in [1.82, 2.24) is 19.7 Å². The summed E-state index contributed by atoms with van der Waals surface area (Å²) in [6.07, 6.45) is 11.1. The van der Waals surface area contributed by atoms with Gasteiger partial charge in [-0.1, -0.05) is 119 Å². The molecule has 0 bridgehead atoms. The first kappa shape index (κ1) is 28.1. The molecule has 3 aromatic heterocycles. The zero-order chi connectivity index (χ0) is 27.9. The average Bonchev–Trinajstić information content (AvgIpc) is 3.35. The van der Waals surface area contributed by atoms with E-state index in [0.717, 1.165) is 47.0 Å². The molecule has 0 spiro atoms. The van der Waals surface area contributed by atoms with Gasteiger partial charge < -0.3 is 5.73 Å². The van der Waals surface area contributed by atoms with E-state index in [-0.39, 0.29) is 10.7 Å². The number of rotatable bonds is 12. The Hall–Kier alpha value is -3.49. The van der Waals surface area contributed by atoms with Crippen LogP contribution in [0.4, 0.5) is 5.82 Å². The van der Waals surface area contributed by atoms with Gasteiger partial charge in [-0.3, -0.25) is 4.79 Å². The van der Waals surface area contributed by atoms with Gasteiger partial charge in [0.1, 0.15) is 16.3 Å². The van der Waals surface area contributed by atoms with Crippen molar-refractivity contribution in [2.24, 2.45) is 0 Å². The SMILES string of the molecule is CCCCCCCCCCCC(=O)n1c(N)c2sc3nnc(-c4ccccc4)c(-c4ccccc4)c3c2nc1=S. The molecule has 206 valence electrons. The molecule has 3 heterocycles. The van der Waals surface area contributed by atoms with Gasteiger partial charge in [0, 0.05) is 22.9 Å². The van der Waals surface area contributed by atoms with Crippen molar-refractivity contribution < 1.29 is 4.79 Å². The first-order valence-electron chi connectivity index (χ1n) is 14.3. The van der Waals surface area contributed by atoms with Gasteiger partial charge >= 0.3 is 0 Å². The molecule has 8 heteroatoms. The van der Waals surface area contributed by atoms with Crippen LogP contribution in [0.5, 0.6) is 0 Å². The smallest absolute Gasteiger partial charge is 0.234 e. The molecule has 5 aromatic rings. The fourth-order valence-electron chi connectivity index (χ4n) is 5.22. The van der Waals surface area contributed by atoms with Gasteiger partial charge in [0.2, 0.25) is 10.7 Å². The maximum atomic E-state index is 13.2. The lowest BCUT2D eigenvalue weighted by Crippen LogP contribution is -2.17. The molecule has 0 aliphatic rings. The number of nitrogen functional groups attached to an aromatic ring is 1. The number of nitrogens with two attached hydrogens (primary N) is 1. The molecule has 0 aliphatic carbocycles. The maximum Gasteiger partial charge on any atom is 0.234 e. The standard InChI is InChI=1S/C32H35N5OS2/c1-2-3-4-5-6-7-8-9-16-21-24(38)37-30(33)29-28(34-32(37)39)26-25(22-17-12-10-13-18-22)27(35-36-31(26)40-29)23-19-14-11-15-20-23/h10-15,17-20H,2-9,16,21,33H2,1H3. The zero-order valence-corrected chi connectivity index (χ0v) is 24.6. The fourth-order valence-corrected chi connectivity index (χ4v) is 6.53. The highest BCUT2D eigenvalue weighted by molar-refractivity contribution is 7.71. The monoisotopic (exact) mass is 569 g/mol. The fraction of sp³-hybridized carbons (Fsp3) is 0.344. The minimum absolute atomic E-state index is 0.100. The van der Waals surface area contributed by atoms with E-state index < -0.39 is 0 Å². The highest BCUT2D eigenvalue weighted by Gasteiger charge is 2.23. The molecule has 2 N–H and O–H groups in total. The number of aromatic nitrogens is 4. The largest absolute Gasteiger partial charge is 0.383 e. The highest BCUT2D eigenvalue weighted by Crippen LogP contribution is 2.43. The second-order valence-corrected chi connectivity index (χ2v) is 11.6. The van der Waals surface area contributed by atoms with Crippen LogP contribution in [-0.4, -0.2) is 25.7 Å². The Bertz CT molecular complexity index is 1660. The normalized spacial score (nSPS) is 11.4. The van der Waals surface area contributed by atoms with E-state index in [1.54, 1.807) is 0 Å². The Balaban J connectivity index is 1.46. The molecule has 0 aliphatic heterocycles. The Morgan fingerprint density at radius 2 is 1.45 bits per heavy atom. The Morgan fingerprint density at radius 3 is 2.10 bits per heavy atom. The lowest BCUT2D eigenvalue weighted by Gasteiger charge is -2.12. The average molecular weight is 570 g/mol. The van der Waals surface area contributed by atoms with Gasteiger partial charge in [0.05, 0.1) is 10.2 Å². The number of hydrogen-bond donors (Lipinski definition) is 1. The number of unbranched alkanes of at least 4 members (excludes halogenated alkanes) is 8. The summed E-state index contributed by atoms with van der Waals surface area (Å²) in [5, 5.41) is 10.1. The minimum Gasteiger partial charge on any atom is -0.383 e. The Kier molecular flexibility index (Phi) is 9.29. The van der Waals surface area contributed by atoms with Crippen molar-refractivity contribution in [1.29, 1.82) is 0 Å². The van der Waals surface area contributed by atoms with E-state index in [1.807, 2.05) is 48.5 Å². The lowest BCUT2D eigenvalue weighted by molar-refractivity contribution is 0.0898. The summed E-state index contributed by atoms with van der Waals surface area (Å²) < 4.78 is 2.30. The number of nitrogens with zero attached hydrogens (tertiary/aromatic N) is 4. The van der Waals surface area contributed by atoms with Crippen LogP contribution >= 0.6 is 23.6 Å². The van der Waals surface area contributed by atoms with E-state index in [0.29, 0.717) is 27.3 Å². The number of benzene rings is 2. The number of anilines is 1. The number of fused-ring (bicyclic) bond motifs is 3. The van der Waals surface area contributed by atoms with Crippen molar-refractivity contribution >= 4 is 55.7 Å².